The number of likely N-dealkylation sites (tertiary alicyclic amines) is 1. The molecule has 0 radical (unpaired) electrons. The molecule has 1 fully saturated rings. The lowest BCUT2D eigenvalue weighted by Crippen LogP contribution is -2.38. The minimum absolute atomic E-state index is 0.103. The van der Waals surface area contributed by atoms with Crippen LogP contribution in [0.4, 0.5) is 0 Å². The third-order valence-electron chi connectivity index (χ3n) is 6.82. The predicted octanol–water partition coefficient (Wildman–Crippen LogP) is 5.16. The van der Waals surface area contributed by atoms with E-state index in [0.717, 1.165) is 49.4 Å². The van der Waals surface area contributed by atoms with Crippen molar-refractivity contribution in [1.82, 2.24) is 25.1 Å². The first-order valence-electron chi connectivity index (χ1n) is 11.1. The number of rotatable bonds is 5. The molecule has 2 heterocycles. The molecule has 2 aromatic rings. The predicted molar refractivity (Wildman–Crippen MR) is 125 cm³/mol. The Bertz CT molecular complexity index is 936. The van der Waals surface area contributed by atoms with Gasteiger partial charge in [0.15, 0.2) is 5.82 Å². The summed E-state index contributed by atoms with van der Waals surface area (Å²) >= 11 is 4.96. The molecule has 1 saturated heterocycles. The molecule has 160 valence electrons. The van der Waals surface area contributed by atoms with E-state index in [4.69, 9.17) is 12.6 Å². The van der Waals surface area contributed by atoms with Crippen LogP contribution < -0.4 is 0 Å². The number of tetrazole rings is 1. The zero-order chi connectivity index (χ0) is 21.3. The molecule has 5 nitrogen and oxygen atoms in total. The van der Waals surface area contributed by atoms with Gasteiger partial charge in [-0.15, -0.1) is 5.10 Å². The minimum Gasteiger partial charge on any atom is -0.290 e. The van der Waals surface area contributed by atoms with E-state index >= 15 is 0 Å². The molecular formula is C24H33N5S. The summed E-state index contributed by atoms with van der Waals surface area (Å²) in [5, 5.41) is 13.2. The zero-order valence-corrected chi connectivity index (χ0v) is 19.3. The highest BCUT2D eigenvalue weighted by molar-refractivity contribution is 7.82. The maximum atomic E-state index is 4.96. The molecule has 6 heteroatoms. The SMILES string of the molecule is C=C(C)C1(S)CC=C(C(c2nnnn2-c2c(C)cccc2C)N2CCCCC2)CC1. The molecule has 1 aliphatic carbocycles. The Morgan fingerprint density at radius 3 is 2.47 bits per heavy atom. The Morgan fingerprint density at radius 1 is 1.17 bits per heavy atom. The summed E-state index contributed by atoms with van der Waals surface area (Å²) in [5.74, 6) is 0.933. The van der Waals surface area contributed by atoms with Gasteiger partial charge in [-0.05, 0) is 93.1 Å². The first-order chi connectivity index (χ1) is 14.4. The molecule has 2 aliphatic rings. The van der Waals surface area contributed by atoms with Crippen LogP contribution in [0, 0.1) is 13.8 Å². The third kappa shape index (κ3) is 4.00. The lowest BCUT2D eigenvalue weighted by atomic mass is 9.81. The standard InChI is InChI=1S/C24H33N5S/c1-17(2)24(30)13-11-20(12-14-24)22(28-15-6-5-7-16-28)23-25-26-27-29(23)21-18(3)9-8-10-19(21)4/h8-11,22,30H,1,5-7,12-16H2,2-4H3. The van der Waals surface area contributed by atoms with Gasteiger partial charge in [0.05, 0.1) is 11.7 Å². The van der Waals surface area contributed by atoms with Crippen LogP contribution in [0.15, 0.2) is 42.0 Å². The van der Waals surface area contributed by atoms with Crippen molar-refractivity contribution in [2.45, 2.75) is 70.1 Å². The Hall–Kier alpha value is -1.92. The molecule has 1 aromatic carbocycles. The summed E-state index contributed by atoms with van der Waals surface area (Å²) in [4.78, 5) is 2.58. The van der Waals surface area contributed by atoms with Crippen LogP contribution in [0.3, 0.4) is 0 Å². The largest absolute Gasteiger partial charge is 0.290 e. The molecule has 2 unspecified atom stereocenters. The van der Waals surface area contributed by atoms with Gasteiger partial charge in [-0.2, -0.15) is 17.3 Å². The molecule has 2 atom stereocenters. The smallest absolute Gasteiger partial charge is 0.177 e. The van der Waals surface area contributed by atoms with Crippen LogP contribution in [0.1, 0.15) is 68.4 Å². The van der Waals surface area contributed by atoms with Gasteiger partial charge < -0.3 is 0 Å². The summed E-state index contributed by atoms with van der Waals surface area (Å²) < 4.78 is 1.88. The second kappa shape index (κ2) is 8.67. The van der Waals surface area contributed by atoms with Gasteiger partial charge in [-0.1, -0.05) is 42.8 Å². The van der Waals surface area contributed by atoms with E-state index < -0.39 is 0 Å². The van der Waals surface area contributed by atoms with Crippen LogP contribution in [0.5, 0.6) is 0 Å². The maximum Gasteiger partial charge on any atom is 0.177 e. The molecule has 4 rings (SSSR count). The fraction of sp³-hybridized carbons (Fsp3) is 0.542. The number of allylic oxidation sites excluding steroid dienone is 1. The van der Waals surface area contributed by atoms with E-state index in [2.05, 4.69) is 72.1 Å². The van der Waals surface area contributed by atoms with E-state index in [9.17, 15) is 0 Å². The van der Waals surface area contributed by atoms with Crippen LogP contribution >= 0.6 is 12.6 Å². The van der Waals surface area contributed by atoms with Crippen molar-refractivity contribution < 1.29 is 0 Å². The van der Waals surface area contributed by atoms with Gasteiger partial charge in [-0.3, -0.25) is 4.90 Å². The number of hydrogen-bond acceptors (Lipinski definition) is 5. The fourth-order valence-corrected chi connectivity index (χ4v) is 5.10. The monoisotopic (exact) mass is 423 g/mol. The number of thiol groups is 1. The average Bonchev–Trinajstić information content (AvgIpc) is 3.19. The van der Waals surface area contributed by atoms with Gasteiger partial charge in [-0.25, -0.2) is 0 Å². The number of piperidine rings is 1. The second-order valence-corrected chi connectivity index (χ2v) is 9.84. The van der Waals surface area contributed by atoms with Crippen molar-refractivity contribution in [1.29, 1.82) is 0 Å². The maximum absolute atomic E-state index is 4.96. The highest BCUT2D eigenvalue weighted by atomic mass is 32.1. The number of para-hydroxylation sites is 1. The third-order valence-corrected chi connectivity index (χ3v) is 7.61. The molecule has 0 amide bonds. The quantitative estimate of drug-likeness (QED) is 0.533. The van der Waals surface area contributed by atoms with Crippen LogP contribution in [-0.2, 0) is 0 Å². The number of aromatic nitrogens is 4. The van der Waals surface area contributed by atoms with E-state index in [1.165, 1.54) is 36.0 Å². The highest BCUT2D eigenvalue weighted by Gasteiger charge is 2.36. The molecule has 1 aliphatic heterocycles. The molecule has 1 aromatic heterocycles. The summed E-state index contributed by atoms with van der Waals surface area (Å²) in [6.07, 6.45) is 9.07. The van der Waals surface area contributed by atoms with Crippen molar-refractivity contribution in [3.63, 3.8) is 0 Å². The van der Waals surface area contributed by atoms with Gasteiger partial charge in [0.25, 0.3) is 0 Å². The van der Waals surface area contributed by atoms with E-state index in [-0.39, 0.29) is 10.8 Å². The van der Waals surface area contributed by atoms with Crippen LogP contribution in [-0.4, -0.2) is 42.9 Å². The Kier molecular flexibility index (Phi) is 6.16. The van der Waals surface area contributed by atoms with Crippen LogP contribution in [0.25, 0.3) is 5.69 Å². The lowest BCUT2D eigenvalue weighted by molar-refractivity contribution is 0.172. The van der Waals surface area contributed by atoms with Gasteiger partial charge in [0.1, 0.15) is 0 Å². The number of nitrogens with zero attached hydrogens (tertiary/aromatic N) is 5. The van der Waals surface area contributed by atoms with Crippen molar-refractivity contribution in [2.24, 2.45) is 0 Å². The van der Waals surface area contributed by atoms with Gasteiger partial charge in [0, 0.05) is 4.75 Å². The van der Waals surface area contributed by atoms with Gasteiger partial charge >= 0.3 is 0 Å². The lowest BCUT2D eigenvalue weighted by Gasteiger charge is -2.39. The van der Waals surface area contributed by atoms with Crippen molar-refractivity contribution in [3.8, 4) is 5.69 Å². The molecule has 0 bridgehead atoms. The summed E-state index contributed by atoms with van der Waals surface area (Å²) in [5.41, 5.74) is 6.05. The van der Waals surface area contributed by atoms with Gasteiger partial charge in [0.2, 0.25) is 0 Å². The molecule has 30 heavy (non-hydrogen) atoms. The highest BCUT2D eigenvalue weighted by Crippen LogP contribution is 2.43. The first-order valence-corrected chi connectivity index (χ1v) is 11.5. The normalized spacial score (nSPS) is 23.8. The van der Waals surface area contributed by atoms with Crippen LogP contribution in [0.2, 0.25) is 0 Å². The Balaban J connectivity index is 1.77. The molecular weight excluding hydrogens is 390 g/mol. The average molecular weight is 424 g/mol. The van der Waals surface area contributed by atoms with Crippen molar-refractivity contribution >= 4 is 12.6 Å². The topological polar surface area (TPSA) is 46.8 Å². The van der Waals surface area contributed by atoms with Crippen molar-refractivity contribution in [2.75, 3.05) is 13.1 Å². The second-order valence-electron chi connectivity index (χ2n) is 8.98. The van der Waals surface area contributed by atoms with E-state index in [0.29, 0.717) is 0 Å². The number of hydrogen-bond donors (Lipinski definition) is 1. The zero-order valence-electron chi connectivity index (χ0n) is 18.4. The number of benzene rings is 1. The molecule has 0 N–H and O–H groups in total. The minimum atomic E-state index is -0.103. The Labute approximate surface area is 185 Å². The fourth-order valence-electron chi connectivity index (χ4n) is 4.89. The van der Waals surface area contributed by atoms with Crippen molar-refractivity contribution in [3.05, 3.63) is 59.0 Å². The molecule has 0 spiro atoms. The Morgan fingerprint density at radius 2 is 1.87 bits per heavy atom. The molecule has 0 saturated carbocycles. The summed E-state index contributed by atoms with van der Waals surface area (Å²) in [7, 11) is 0. The summed E-state index contributed by atoms with van der Waals surface area (Å²) in [6.45, 7) is 12.7. The number of aryl methyl sites for hydroxylation is 2. The van der Waals surface area contributed by atoms with E-state index in [1.54, 1.807) is 0 Å². The van der Waals surface area contributed by atoms with E-state index in [1.807, 2.05) is 4.68 Å². The first kappa shape index (κ1) is 21.3. The summed E-state index contributed by atoms with van der Waals surface area (Å²) in [6, 6.07) is 6.47.